The Balaban J connectivity index is 3.23. The number of ether oxygens (including phenoxy) is 1. The summed E-state index contributed by atoms with van der Waals surface area (Å²) in [5.41, 5.74) is -0.225. The van der Waals surface area contributed by atoms with E-state index in [-0.39, 0.29) is 15.6 Å². The second-order valence-corrected chi connectivity index (χ2v) is 3.05. The van der Waals surface area contributed by atoms with E-state index in [9.17, 15) is 9.18 Å². The minimum Gasteiger partial charge on any atom is -0.465 e. The van der Waals surface area contributed by atoms with Crippen LogP contribution in [0.3, 0.4) is 0 Å². The van der Waals surface area contributed by atoms with E-state index in [0.29, 0.717) is 0 Å². The zero-order valence-corrected chi connectivity index (χ0v) is 8.12. The number of carbonyl (C=O) groups is 1. The first-order valence-electron chi connectivity index (χ1n) is 3.29. The summed E-state index contributed by atoms with van der Waals surface area (Å²) in [5.74, 6) is -1.53. The molecule has 0 bridgehead atoms. The summed E-state index contributed by atoms with van der Waals surface area (Å²) in [7, 11) is 1.16. The average molecular weight is 223 g/mol. The third kappa shape index (κ3) is 2.11. The number of hydrogen-bond acceptors (Lipinski definition) is 2. The molecule has 0 aliphatic rings. The van der Waals surface area contributed by atoms with Gasteiger partial charge >= 0.3 is 5.97 Å². The lowest BCUT2D eigenvalue weighted by molar-refractivity contribution is 0.0595. The van der Waals surface area contributed by atoms with Crippen molar-refractivity contribution >= 4 is 29.2 Å². The molecule has 0 fully saturated rings. The van der Waals surface area contributed by atoms with Crippen LogP contribution in [-0.4, -0.2) is 13.1 Å². The highest BCUT2D eigenvalue weighted by molar-refractivity contribution is 6.42. The Morgan fingerprint density at radius 1 is 1.38 bits per heavy atom. The monoisotopic (exact) mass is 222 g/mol. The van der Waals surface area contributed by atoms with Gasteiger partial charge < -0.3 is 4.74 Å². The molecule has 0 amide bonds. The molecule has 0 aliphatic heterocycles. The van der Waals surface area contributed by atoms with Crippen molar-refractivity contribution in [3.05, 3.63) is 33.6 Å². The predicted octanol–water partition coefficient (Wildman–Crippen LogP) is 2.92. The van der Waals surface area contributed by atoms with Gasteiger partial charge in [0.05, 0.1) is 22.7 Å². The third-order valence-corrected chi connectivity index (χ3v) is 2.14. The maximum absolute atomic E-state index is 13.0. The predicted molar refractivity (Wildman–Crippen MR) is 47.8 cm³/mol. The van der Waals surface area contributed by atoms with Crippen molar-refractivity contribution in [3.8, 4) is 0 Å². The van der Waals surface area contributed by atoms with Gasteiger partial charge in [0.25, 0.3) is 0 Å². The van der Waals surface area contributed by atoms with Gasteiger partial charge in [-0.3, -0.25) is 0 Å². The number of esters is 1. The lowest BCUT2D eigenvalue weighted by Gasteiger charge is -2.02. The molecule has 0 atom stereocenters. The quantitative estimate of drug-likeness (QED) is 0.540. The van der Waals surface area contributed by atoms with Crippen molar-refractivity contribution in [2.75, 3.05) is 7.11 Å². The van der Waals surface area contributed by atoms with Crippen LogP contribution in [0, 0.1) is 5.82 Å². The first-order chi connectivity index (χ1) is 6.06. The lowest BCUT2D eigenvalue weighted by atomic mass is 10.2. The zero-order chi connectivity index (χ0) is 10.0. The number of benzene rings is 1. The maximum atomic E-state index is 13.0. The lowest BCUT2D eigenvalue weighted by Crippen LogP contribution is -2.04. The van der Waals surface area contributed by atoms with Crippen molar-refractivity contribution in [1.29, 1.82) is 0 Å². The number of methoxy groups -OCH3 is 1. The summed E-state index contributed by atoms with van der Waals surface area (Å²) < 4.78 is 17.4. The summed E-state index contributed by atoms with van der Waals surface area (Å²) in [6.45, 7) is 0. The van der Waals surface area contributed by atoms with E-state index in [2.05, 4.69) is 4.74 Å². The van der Waals surface area contributed by atoms with Gasteiger partial charge in [-0.15, -0.1) is 0 Å². The van der Waals surface area contributed by atoms with Gasteiger partial charge in [-0.05, 0) is 12.1 Å². The zero-order valence-electron chi connectivity index (χ0n) is 6.61. The van der Waals surface area contributed by atoms with Crippen LogP contribution in [0.5, 0.6) is 0 Å². The summed E-state index contributed by atoms with van der Waals surface area (Å²) in [6.07, 6.45) is 0. The largest absolute Gasteiger partial charge is 0.465 e. The number of hydrogen-bond donors (Lipinski definition) is 0. The van der Waals surface area contributed by atoms with Crippen molar-refractivity contribution in [1.82, 2.24) is 0 Å². The highest BCUT2D eigenvalue weighted by Gasteiger charge is 2.14. The van der Waals surface area contributed by atoms with Crippen LogP contribution in [-0.2, 0) is 4.74 Å². The summed E-state index contributed by atoms with van der Waals surface area (Å²) in [6, 6.07) is 2.10. The Labute approximate surface area is 84.2 Å². The van der Waals surface area contributed by atoms with E-state index in [1.54, 1.807) is 0 Å². The average Bonchev–Trinajstić information content (AvgIpc) is 2.10. The number of rotatable bonds is 1. The molecule has 0 aromatic heterocycles. The Morgan fingerprint density at radius 3 is 2.46 bits per heavy atom. The van der Waals surface area contributed by atoms with Gasteiger partial charge in [0.1, 0.15) is 5.82 Å². The van der Waals surface area contributed by atoms with E-state index >= 15 is 0 Å². The Bertz CT molecular complexity index is 352. The van der Waals surface area contributed by atoms with Crippen molar-refractivity contribution in [2.24, 2.45) is 0 Å². The molecule has 0 N–H and O–H groups in total. The fraction of sp³-hybridized carbons (Fsp3) is 0.125. The van der Waals surface area contributed by atoms with E-state index in [1.165, 1.54) is 0 Å². The smallest absolute Gasteiger partial charge is 0.340 e. The van der Waals surface area contributed by atoms with Crippen LogP contribution in [0.1, 0.15) is 10.4 Å². The third-order valence-electron chi connectivity index (χ3n) is 1.42. The van der Waals surface area contributed by atoms with Crippen molar-refractivity contribution in [3.63, 3.8) is 0 Å². The second kappa shape index (κ2) is 3.94. The van der Waals surface area contributed by atoms with Crippen LogP contribution < -0.4 is 0 Å². The molecule has 0 aliphatic carbocycles. The van der Waals surface area contributed by atoms with E-state index < -0.39 is 11.8 Å². The SMILES string of the molecule is COC(=O)c1cc(Cl)c(Cl)cc1F. The Kier molecular flexibility index (Phi) is 3.12. The van der Waals surface area contributed by atoms with Gasteiger partial charge in [-0.25, -0.2) is 9.18 Å². The van der Waals surface area contributed by atoms with Gasteiger partial charge in [0.15, 0.2) is 0 Å². The van der Waals surface area contributed by atoms with Crippen LogP contribution in [0.15, 0.2) is 12.1 Å². The number of halogens is 3. The Hall–Kier alpha value is -0.800. The normalized spacial score (nSPS) is 9.85. The highest BCUT2D eigenvalue weighted by atomic mass is 35.5. The number of carbonyl (C=O) groups excluding carboxylic acids is 1. The summed E-state index contributed by atoms with van der Waals surface area (Å²) >= 11 is 11.1. The standard InChI is InChI=1S/C8H5Cl2FO2/c1-13-8(12)4-2-5(9)6(10)3-7(4)11/h2-3H,1H3. The molecule has 0 unspecified atom stereocenters. The van der Waals surface area contributed by atoms with Gasteiger partial charge in [-0.1, -0.05) is 23.2 Å². The molecule has 1 aromatic rings. The van der Waals surface area contributed by atoms with Gasteiger partial charge in [-0.2, -0.15) is 0 Å². The van der Waals surface area contributed by atoms with Crippen LogP contribution in [0.4, 0.5) is 4.39 Å². The molecule has 5 heteroatoms. The van der Waals surface area contributed by atoms with Crippen LogP contribution in [0.25, 0.3) is 0 Å². The molecule has 13 heavy (non-hydrogen) atoms. The molecule has 0 heterocycles. The molecular weight excluding hydrogens is 218 g/mol. The summed E-state index contributed by atoms with van der Waals surface area (Å²) in [5, 5.41) is 0.176. The molecule has 1 aromatic carbocycles. The van der Waals surface area contributed by atoms with Crippen LogP contribution >= 0.6 is 23.2 Å². The first kappa shape index (κ1) is 10.3. The minimum absolute atomic E-state index is 0.0619. The van der Waals surface area contributed by atoms with Crippen molar-refractivity contribution in [2.45, 2.75) is 0 Å². The van der Waals surface area contributed by atoms with E-state index in [1.807, 2.05) is 0 Å². The molecular formula is C8H5Cl2FO2. The molecule has 0 radical (unpaired) electrons. The van der Waals surface area contributed by atoms with Crippen LogP contribution in [0.2, 0.25) is 10.0 Å². The minimum atomic E-state index is -0.781. The van der Waals surface area contributed by atoms with E-state index in [0.717, 1.165) is 19.2 Å². The molecule has 70 valence electrons. The fourth-order valence-corrected chi connectivity index (χ4v) is 1.10. The van der Waals surface area contributed by atoms with E-state index in [4.69, 9.17) is 23.2 Å². The maximum Gasteiger partial charge on any atom is 0.340 e. The van der Waals surface area contributed by atoms with Gasteiger partial charge in [0.2, 0.25) is 0 Å². The van der Waals surface area contributed by atoms with Gasteiger partial charge in [0, 0.05) is 0 Å². The Morgan fingerprint density at radius 2 is 1.92 bits per heavy atom. The molecule has 0 saturated heterocycles. The molecule has 2 nitrogen and oxygen atoms in total. The second-order valence-electron chi connectivity index (χ2n) is 2.24. The first-order valence-corrected chi connectivity index (χ1v) is 4.04. The fourth-order valence-electron chi connectivity index (χ4n) is 0.789. The topological polar surface area (TPSA) is 26.3 Å². The highest BCUT2D eigenvalue weighted by Crippen LogP contribution is 2.25. The molecule has 1 rings (SSSR count). The summed E-state index contributed by atoms with van der Waals surface area (Å²) in [4.78, 5) is 10.9. The van der Waals surface area contributed by atoms with Crippen molar-refractivity contribution < 1.29 is 13.9 Å². The molecule has 0 saturated carbocycles. The molecule has 0 spiro atoms.